The van der Waals surface area contributed by atoms with Gasteiger partial charge in [-0.3, -0.25) is 4.79 Å². The van der Waals surface area contributed by atoms with Gasteiger partial charge in [0.15, 0.2) is 5.65 Å². The molecule has 8 nitrogen and oxygen atoms in total. The van der Waals surface area contributed by atoms with Crippen LogP contribution in [-0.2, 0) is 11.3 Å². The SMILES string of the molecule is Cc1cc2nc(C(=O)N3CCN(C(=O)OCc4ccccc4)[C@@H](C)C3)cn2nc1-c1ccc(F)cc1. The van der Waals surface area contributed by atoms with Crippen LogP contribution < -0.4 is 0 Å². The zero-order valence-electron chi connectivity index (χ0n) is 20.1. The number of aryl methyl sites for hydroxylation is 1. The van der Waals surface area contributed by atoms with Crippen LogP contribution in [-0.4, -0.2) is 62.1 Å². The molecule has 1 saturated heterocycles. The Labute approximate surface area is 207 Å². The Balaban J connectivity index is 1.26. The molecule has 2 aromatic heterocycles. The van der Waals surface area contributed by atoms with Crippen molar-refractivity contribution in [2.75, 3.05) is 19.6 Å². The van der Waals surface area contributed by atoms with Crippen LogP contribution >= 0.6 is 0 Å². The Morgan fingerprint density at radius 2 is 1.83 bits per heavy atom. The van der Waals surface area contributed by atoms with Gasteiger partial charge in [0, 0.05) is 31.2 Å². The first-order valence-electron chi connectivity index (χ1n) is 11.8. The summed E-state index contributed by atoms with van der Waals surface area (Å²) >= 11 is 0. The molecule has 1 aliphatic rings. The predicted molar refractivity (Wildman–Crippen MR) is 132 cm³/mol. The molecule has 0 unspecified atom stereocenters. The van der Waals surface area contributed by atoms with Gasteiger partial charge in [0.1, 0.15) is 18.1 Å². The lowest BCUT2D eigenvalue weighted by atomic mass is 10.1. The average Bonchev–Trinajstić information content (AvgIpc) is 3.30. The molecule has 2 aromatic carbocycles. The highest BCUT2D eigenvalue weighted by molar-refractivity contribution is 5.93. The van der Waals surface area contributed by atoms with Crippen molar-refractivity contribution in [1.82, 2.24) is 24.4 Å². The second kappa shape index (κ2) is 9.77. The number of aromatic nitrogens is 3. The number of benzene rings is 2. The monoisotopic (exact) mass is 487 g/mol. The van der Waals surface area contributed by atoms with E-state index in [-0.39, 0.29) is 36.2 Å². The molecule has 0 bridgehead atoms. The van der Waals surface area contributed by atoms with E-state index >= 15 is 0 Å². The van der Waals surface area contributed by atoms with E-state index in [1.165, 1.54) is 12.1 Å². The van der Waals surface area contributed by atoms with Gasteiger partial charge >= 0.3 is 6.09 Å². The number of piperazine rings is 1. The van der Waals surface area contributed by atoms with E-state index in [2.05, 4.69) is 10.1 Å². The van der Waals surface area contributed by atoms with Gasteiger partial charge in [0.05, 0.1) is 11.9 Å². The fourth-order valence-corrected chi connectivity index (χ4v) is 4.39. The van der Waals surface area contributed by atoms with Gasteiger partial charge in [-0.15, -0.1) is 0 Å². The molecule has 5 rings (SSSR count). The number of fused-ring (bicyclic) bond motifs is 1. The van der Waals surface area contributed by atoms with E-state index in [0.29, 0.717) is 31.0 Å². The summed E-state index contributed by atoms with van der Waals surface area (Å²) in [4.78, 5) is 33.7. The van der Waals surface area contributed by atoms with Crippen LogP contribution in [0, 0.1) is 12.7 Å². The number of rotatable bonds is 4. The van der Waals surface area contributed by atoms with Crippen molar-refractivity contribution in [3.63, 3.8) is 0 Å². The highest BCUT2D eigenvalue weighted by Crippen LogP contribution is 2.23. The van der Waals surface area contributed by atoms with Gasteiger partial charge in [0.2, 0.25) is 0 Å². The standard InChI is InChI=1S/C27H26FN5O3/c1-18-14-24-29-23(16-33(24)30-25(18)21-8-10-22(28)11-9-21)26(34)31-12-13-32(19(2)15-31)27(35)36-17-20-6-4-3-5-7-20/h3-11,14,16,19H,12-13,15,17H2,1-2H3/t19-/m0/s1. The van der Waals surface area contributed by atoms with Gasteiger partial charge in [-0.1, -0.05) is 30.3 Å². The molecule has 0 radical (unpaired) electrons. The largest absolute Gasteiger partial charge is 0.445 e. The molecule has 36 heavy (non-hydrogen) atoms. The van der Waals surface area contributed by atoms with Crippen molar-refractivity contribution < 1.29 is 18.7 Å². The Morgan fingerprint density at radius 1 is 1.08 bits per heavy atom. The molecule has 0 aliphatic carbocycles. The fraction of sp³-hybridized carbons (Fsp3) is 0.259. The molecule has 4 aromatic rings. The molecule has 184 valence electrons. The van der Waals surface area contributed by atoms with Gasteiger partial charge in [-0.2, -0.15) is 5.10 Å². The summed E-state index contributed by atoms with van der Waals surface area (Å²) in [6.07, 6.45) is 1.22. The molecule has 1 fully saturated rings. The molecule has 1 aliphatic heterocycles. The minimum Gasteiger partial charge on any atom is -0.445 e. The third kappa shape index (κ3) is 4.77. The molecule has 0 saturated carbocycles. The normalized spacial score (nSPS) is 15.8. The molecule has 2 amide bonds. The van der Waals surface area contributed by atoms with Crippen molar-refractivity contribution >= 4 is 17.6 Å². The second-order valence-electron chi connectivity index (χ2n) is 8.95. The molecular formula is C27H26FN5O3. The summed E-state index contributed by atoms with van der Waals surface area (Å²) in [5, 5.41) is 4.61. The lowest BCUT2D eigenvalue weighted by Crippen LogP contribution is -2.55. The van der Waals surface area contributed by atoms with Crippen molar-refractivity contribution in [1.29, 1.82) is 0 Å². The second-order valence-corrected chi connectivity index (χ2v) is 8.95. The number of carbonyl (C=O) groups excluding carboxylic acids is 2. The van der Waals surface area contributed by atoms with Crippen molar-refractivity contribution in [3.8, 4) is 11.3 Å². The molecular weight excluding hydrogens is 461 g/mol. The smallest absolute Gasteiger partial charge is 0.410 e. The summed E-state index contributed by atoms with van der Waals surface area (Å²) in [5.74, 6) is -0.530. The third-order valence-corrected chi connectivity index (χ3v) is 6.33. The van der Waals surface area contributed by atoms with E-state index in [4.69, 9.17) is 4.74 Å². The Morgan fingerprint density at radius 3 is 2.56 bits per heavy atom. The molecule has 0 spiro atoms. The molecule has 3 heterocycles. The van der Waals surface area contributed by atoms with Crippen LogP contribution in [0.5, 0.6) is 0 Å². The van der Waals surface area contributed by atoms with Gasteiger partial charge in [-0.05, 0) is 55.3 Å². The quantitative estimate of drug-likeness (QED) is 0.428. The number of hydrogen-bond donors (Lipinski definition) is 0. The Kier molecular flexibility index (Phi) is 6.37. The highest BCUT2D eigenvalue weighted by Gasteiger charge is 2.32. The minimum atomic E-state index is -0.390. The summed E-state index contributed by atoms with van der Waals surface area (Å²) < 4.78 is 20.4. The summed E-state index contributed by atoms with van der Waals surface area (Å²) in [7, 11) is 0. The lowest BCUT2D eigenvalue weighted by Gasteiger charge is -2.38. The molecule has 1 atom stereocenters. The van der Waals surface area contributed by atoms with Gasteiger partial charge in [-0.25, -0.2) is 18.7 Å². The average molecular weight is 488 g/mol. The van der Waals surface area contributed by atoms with E-state index in [1.807, 2.05) is 50.2 Å². The van der Waals surface area contributed by atoms with Crippen LogP contribution in [0.15, 0.2) is 66.9 Å². The topological polar surface area (TPSA) is 80.0 Å². The number of nitrogens with zero attached hydrogens (tertiary/aromatic N) is 5. The molecule has 9 heteroatoms. The predicted octanol–water partition coefficient (Wildman–Crippen LogP) is 4.33. The minimum absolute atomic E-state index is 0.201. The summed E-state index contributed by atoms with van der Waals surface area (Å²) in [5.41, 5.74) is 4.10. The lowest BCUT2D eigenvalue weighted by molar-refractivity contribution is 0.0388. The van der Waals surface area contributed by atoms with Crippen LogP contribution in [0.3, 0.4) is 0 Å². The van der Waals surface area contributed by atoms with Crippen molar-refractivity contribution in [3.05, 3.63) is 89.5 Å². The number of imidazole rings is 1. The van der Waals surface area contributed by atoms with E-state index in [0.717, 1.165) is 16.7 Å². The maximum absolute atomic E-state index is 13.3. The fourth-order valence-electron chi connectivity index (χ4n) is 4.39. The van der Waals surface area contributed by atoms with E-state index in [1.54, 1.807) is 32.6 Å². The number of hydrogen-bond acceptors (Lipinski definition) is 5. The first-order chi connectivity index (χ1) is 17.4. The third-order valence-electron chi connectivity index (χ3n) is 6.33. The maximum atomic E-state index is 13.3. The zero-order chi connectivity index (χ0) is 25.2. The van der Waals surface area contributed by atoms with Crippen molar-refractivity contribution in [2.24, 2.45) is 0 Å². The Bertz CT molecular complexity index is 1400. The van der Waals surface area contributed by atoms with Crippen LogP contribution in [0.25, 0.3) is 16.9 Å². The van der Waals surface area contributed by atoms with Crippen LogP contribution in [0.4, 0.5) is 9.18 Å². The highest BCUT2D eigenvalue weighted by atomic mass is 19.1. The Hall–Kier alpha value is -4.27. The number of halogens is 1. The zero-order valence-corrected chi connectivity index (χ0v) is 20.1. The number of carbonyl (C=O) groups is 2. The summed E-state index contributed by atoms with van der Waals surface area (Å²) in [6, 6.07) is 17.3. The van der Waals surface area contributed by atoms with Gasteiger partial charge in [0.25, 0.3) is 5.91 Å². The summed E-state index contributed by atoms with van der Waals surface area (Å²) in [6.45, 7) is 5.14. The van der Waals surface area contributed by atoms with E-state index < -0.39 is 0 Å². The first-order valence-corrected chi connectivity index (χ1v) is 11.8. The first kappa shape index (κ1) is 23.5. The van der Waals surface area contributed by atoms with Crippen molar-refractivity contribution in [2.45, 2.75) is 26.5 Å². The van der Waals surface area contributed by atoms with Crippen LogP contribution in [0.2, 0.25) is 0 Å². The number of ether oxygens (including phenoxy) is 1. The number of amides is 2. The van der Waals surface area contributed by atoms with E-state index in [9.17, 15) is 14.0 Å². The van der Waals surface area contributed by atoms with Gasteiger partial charge < -0.3 is 14.5 Å². The maximum Gasteiger partial charge on any atom is 0.410 e. The van der Waals surface area contributed by atoms with Crippen LogP contribution in [0.1, 0.15) is 28.5 Å². The molecule has 0 N–H and O–H groups in total.